The van der Waals surface area contributed by atoms with Crippen LogP contribution in [0.1, 0.15) is 0 Å². The zero-order chi connectivity index (χ0) is 13.2. The van der Waals surface area contributed by atoms with E-state index in [2.05, 4.69) is 39.5 Å². The lowest BCUT2D eigenvalue weighted by Gasteiger charge is -2.29. The Labute approximate surface area is 98.4 Å². The summed E-state index contributed by atoms with van der Waals surface area (Å²) < 4.78 is 86.9. The van der Waals surface area contributed by atoms with Crippen molar-refractivity contribution in [1.82, 2.24) is 0 Å². The monoisotopic (exact) mass is 314 g/mol. The molecule has 0 aromatic rings. The SMILES string of the molecule is FC1(F)C(Cl)(Cl)O[C@@](Cl)(C(F)(F)F)C1(F)F. The Bertz CT molecular complexity index is 314. The van der Waals surface area contributed by atoms with Crippen LogP contribution in [0.4, 0.5) is 30.7 Å². The Hall–Kier alpha value is 0.340. The van der Waals surface area contributed by atoms with E-state index in [9.17, 15) is 30.7 Å². The van der Waals surface area contributed by atoms with E-state index in [4.69, 9.17) is 0 Å². The smallest absolute Gasteiger partial charge is 0.305 e. The van der Waals surface area contributed by atoms with E-state index in [1.54, 1.807) is 0 Å². The predicted molar refractivity (Wildman–Crippen MR) is 40.1 cm³/mol. The molecule has 0 unspecified atom stereocenters. The third kappa shape index (κ3) is 1.42. The maximum atomic E-state index is 12.9. The van der Waals surface area contributed by atoms with Crippen molar-refractivity contribution in [2.75, 3.05) is 0 Å². The first-order valence-corrected chi connectivity index (χ1v) is 4.43. The Morgan fingerprint density at radius 1 is 0.812 bits per heavy atom. The van der Waals surface area contributed by atoms with Crippen LogP contribution >= 0.6 is 34.8 Å². The van der Waals surface area contributed by atoms with E-state index in [0.717, 1.165) is 0 Å². The lowest BCUT2D eigenvalue weighted by molar-refractivity contribution is -0.296. The summed E-state index contributed by atoms with van der Waals surface area (Å²) in [7, 11) is 0. The summed E-state index contributed by atoms with van der Waals surface area (Å²) >= 11 is 13.5. The average Bonchev–Trinajstić information content (AvgIpc) is 2.07. The van der Waals surface area contributed by atoms with Crippen molar-refractivity contribution in [3.63, 3.8) is 0 Å². The number of hydrogen-bond acceptors (Lipinski definition) is 1. The molecule has 1 aliphatic rings. The van der Waals surface area contributed by atoms with Gasteiger partial charge in [0.15, 0.2) is 0 Å². The minimum atomic E-state index is -5.99. The van der Waals surface area contributed by atoms with Crippen molar-refractivity contribution in [3.8, 4) is 0 Å². The van der Waals surface area contributed by atoms with E-state index in [0.29, 0.717) is 0 Å². The summed E-state index contributed by atoms with van der Waals surface area (Å²) in [5, 5.41) is -4.98. The Balaban J connectivity index is 3.41. The van der Waals surface area contributed by atoms with Gasteiger partial charge < -0.3 is 4.74 Å². The lowest BCUT2D eigenvalue weighted by Crippen LogP contribution is -2.57. The van der Waals surface area contributed by atoms with Crippen LogP contribution in [0, 0.1) is 0 Å². The van der Waals surface area contributed by atoms with Gasteiger partial charge in [0.25, 0.3) is 4.52 Å². The van der Waals surface area contributed by atoms with Gasteiger partial charge in [-0.15, -0.1) is 0 Å². The second-order valence-electron chi connectivity index (χ2n) is 2.86. The number of rotatable bonds is 0. The molecule has 0 aliphatic carbocycles. The van der Waals surface area contributed by atoms with Crippen LogP contribution in [0.25, 0.3) is 0 Å². The van der Waals surface area contributed by atoms with Crippen LogP contribution in [-0.2, 0) is 4.74 Å². The summed E-state index contributed by atoms with van der Waals surface area (Å²) in [5.74, 6) is -11.3. The molecule has 0 saturated carbocycles. The van der Waals surface area contributed by atoms with Crippen LogP contribution < -0.4 is 0 Å². The zero-order valence-electron chi connectivity index (χ0n) is 6.69. The molecule has 1 atom stereocenters. The molecule has 0 aromatic heterocycles. The first-order valence-electron chi connectivity index (χ1n) is 3.30. The largest absolute Gasteiger partial charge is 0.438 e. The van der Waals surface area contributed by atoms with Crippen LogP contribution in [0.3, 0.4) is 0 Å². The van der Waals surface area contributed by atoms with E-state index in [-0.39, 0.29) is 0 Å². The third-order valence-corrected chi connectivity index (χ3v) is 2.95. The second-order valence-corrected chi connectivity index (χ2v) is 4.65. The molecule has 1 fully saturated rings. The molecule has 1 heterocycles. The highest BCUT2D eigenvalue weighted by Crippen LogP contribution is 2.67. The maximum absolute atomic E-state index is 12.9. The molecular formula is C5Cl3F7O. The van der Waals surface area contributed by atoms with Gasteiger partial charge in [-0.2, -0.15) is 30.7 Å². The molecule has 96 valence electrons. The Kier molecular flexibility index (Phi) is 2.89. The van der Waals surface area contributed by atoms with E-state index in [1.807, 2.05) is 0 Å². The van der Waals surface area contributed by atoms with Gasteiger partial charge in [0.05, 0.1) is 0 Å². The summed E-state index contributed by atoms with van der Waals surface area (Å²) in [6.45, 7) is 0. The number of alkyl halides is 10. The van der Waals surface area contributed by atoms with Gasteiger partial charge in [-0.25, -0.2) is 0 Å². The van der Waals surface area contributed by atoms with Gasteiger partial charge in [-0.1, -0.05) is 34.8 Å². The van der Waals surface area contributed by atoms with Gasteiger partial charge in [0.2, 0.25) is 0 Å². The number of hydrogen-bond donors (Lipinski definition) is 0. The first kappa shape index (κ1) is 14.4. The molecule has 0 N–H and O–H groups in total. The molecule has 0 bridgehead atoms. The quantitative estimate of drug-likeness (QED) is 0.486. The van der Waals surface area contributed by atoms with Gasteiger partial charge in [0, 0.05) is 0 Å². The predicted octanol–water partition coefficient (Wildman–Crippen LogP) is 3.92. The summed E-state index contributed by atoms with van der Waals surface area (Å²) in [4.78, 5) is 0. The summed E-state index contributed by atoms with van der Waals surface area (Å²) in [5.41, 5.74) is 0. The van der Waals surface area contributed by atoms with Crippen LogP contribution in [-0.4, -0.2) is 27.6 Å². The minimum Gasteiger partial charge on any atom is -0.305 e. The normalized spacial score (nSPS) is 36.4. The Morgan fingerprint density at radius 2 is 1.19 bits per heavy atom. The molecule has 0 spiro atoms. The van der Waals surface area contributed by atoms with Gasteiger partial charge >= 0.3 is 23.1 Å². The summed E-state index contributed by atoms with van der Waals surface area (Å²) in [6, 6.07) is 0. The van der Waals surface area contributed by atoms with Crippen molar-refractivity contribution in [1.29, 1.82) is 0 Å². The molecule has 1 saturated heterocycles. The fourth-order valence-electron chi connectivity index (χ4n) is 0.925. The summed E-state index contributed by atoms with van der Waals surface area (Å²) in [6.07, 6.45) is -5.99. The van der Waals surface area contributed by atoms with Crippen LogP contribution in [0.2, 0.25) is 0 Å². The van der Waals surface area contributed by atoms with E-state index in [1.165, 1.54) is 0 Å². The molecule has 11 heteroatoms. The topological polar surface area (TPSA) is 9.23 Å². The van der Waals surface area contributed by atoms with Gasteiger partial charge in [-0.05, 0) is 0 Å². The molecule has 1 aliphatic heterocycles. The molecule has 1 nitrogen and oxygen atoms in total. The molecule has 1 rings (SSSR count). The highest BCUT2D eigenvalue weighted by Gasteiger charge is 2.91. The molecule has 0 amide bonds. The highest BCUT2D eigenvalue weighted by molar-refractivity contribution is 6.48. The van der Waals surface area contributed by atoms with Gasteiger partial charge in [-0.3, -0.25) is 0 Å². The molecular weight excluding hydrogens is 315 g/mol. The maximum Gasteiger partial charge on any atom is 0.438 e. The van der Waals surface area contributed by atoms with Gasteiger partial charge in [0.1, 0.15) is 0 Å². The van der Waals surface area contributed by atoms with E-state index < -0.39 is 27.6 Å². The average molecular weight is 315 g/mol. The fraction of sp³-hybridized carbons (Fsp3) is 1.00. The number of ether oxygens (including phenoxy) is 1. The van der Waals surface area contributed by atoms with Crippen molar-refractivity contribution < 1.29 is 35.5 Å². The third-order valence-electron chi connectivity index (χ3n) is 1.80. The fourth-order valence-corrected chi connectivity index (χ4v) is 1.71. The standard InChI is InChI=1S/C5Cl3F7O/c6-1(5(13,14)15)2(9,10)3(11,12)4(7,8)16-1/t1-/m1/s1. The van der Waals surface area contributed by atoms with Crippen molar-refractivity contribution >= 4 is 34.8 Å². The molecule has 16 heavy (non-hydrogen) atoms. The van der Waals surface area contributed by atoms with Crippen molar-refractivity contribution in [2.45, 2.75) is 27.6 Å². The van der Waals surface area contributed by atoms with Crippen molar-refractivity contribution in [3.05, 3.63) is 0 Å². The second kappa shape index (κ2) is 3.21. The number of halogens is 10. The van der Waals surface area contributed by atoms with Crippen molar-refractivity contribution in [2.24, 2.45) is 0 Å². The van der Waals surface area contributed by atoms with Crippen LogP contribution in [0.5, 0.6) is 0 Å². The first-order chi connectivity index (χ1) is 6.71. The molecule has 0 radical (unpaired) electrons. The van der Waals surface area contributed by atoms with E-state index >= 15 is 0 Å². The van der Waals surface area contributed by atoms with Crippen LogP contribution in [0.15, 0.2) is 0 Å². The minimum absolute atomic E-state index is 3.20. The molecule has 0 aromatic carbocycles. The highest BCUT2D eigenvalue weighted by atomic mass is 35.5. The lowest BCUT2D eigenvalue weighted by atomic mass is 10.1. The Morgan fingerprint density at radius 3 is 1.31 bits per heavy atom. The zero-order valence-corrected chi connectivity index (χ0v) is 8.96.